The number of hydrogen-bond donors (Lipinski definition) is 0. The molecule has 86 valence electrons. The van der Waals surface area contributed by atoms with Crippen LogP contribution in [0.25, 0.3) is 0 Å². The first-order valence-electron chi connectivity index (χ1n) is 5.29. The highest BCUT2D eigenvalue weighted by Gasteiger charge is 2.17. The summed E-state index contributed by atoms with van der Waals surface area (Å²) < 4.78 is 3.14. The molecule has 2 nitrogen and oxygen atoms in total. The van der Waals surface area contributed by atoms with Crippen molar-refractivity contribution < 1.29 is 0 Å². The molecule has 2 unspecified atom stereocenters. The lowest BCUT2D eigenvalue weighted by atomic mass is 10.00. The molecule has 4 heteroatoms. The first kappa shape index (κ1) is 13.2. The maximum Gasteiger partial charge on any atom is 0.0738 e. The average Bonchev–Trinajstić information content (AvgIpc) is 2.43. The second-order valence-electron chi connectivity index (χ2n) is 4.08. The lowest BCUT2D eigenvalue weighted by Gasteiger charge is -2.16. The zero-order chi connectivity index (χ0) is 11.6. The fourth-order valence-corrected chi connectivity index (χ4v) is 2.42. The first-order chi connectivity index (χ1) is 6.97. The third-order valence-electron chi connectivity index (χ3n) is 2.78. The van der Waals surface area contributed by atoms with Crippen molar-refractivity contribution in [2.45, 2.75) is 38.4 Å². The summed E-state index contributed by atoms with van der Waals surface area (Å²) >= 11 is 7.31. The van der Waals surface area contributed by atoms with Gasteiger partial charge in [0.2, 0.25) is 0 Å². The van der Waals surface area contributed by atoms with Crippen LogP contribution >= 0.6 is 31.9 Å². The fraction of sp³-hybridized carbons (Fsp3) is 0.727. The summed E-state index contributed by atoms with van der Waals surface area (Å²) in [5.74, 6) is 0.626. The molecule has 1 rings (SSSR count). The van der Waals surface area contributed by atoms with Crippen LogP contribution in [-0.2, 0) is 13.5 Å². The number of aryl methyl sites for hydroxylation is 2. The van der Waals surface area contributed by atoms with Gasteiger partial charge < -0.3 is 0 Å². The van der Waals surface area contributed by atoms with Crippen molar-refractivity contribution in [3.8, 4) is 0 Å². The van der Waals surface area contributed by atoms with Gasteiger partial charge in [-0.15, -0.1) is 0 Å². The minimum absolute atomic E-state index is 0.583. The van der Waals surface area contributed by atoms with Gasteiger partial charge in [0.15, 0.2) is 0 Å². The molecule has 1 heterocycles. The van der Waals surface area contributed by atoms with Gasteiger partial charge in [-0.05, 0) is 41.6 Å². The number of halogens is 2. The summed E-state index contributed by atoms with van der Waals surface area (Å²) in [7, 11) is 2.01. The molecule has 2 atom stereocenters. The highest BCUT2D eigenvalue weighted by molar-refractivity contribution is 9.10. The van der Waals surface area contributed by atoms with Gasteiger partial charge >= 0.3 is 0 Å². The third-order valence-corrected chi connectivity index (χ3v) is 5.37. The van der Waals surface area contributed by atoms with E-state index in [9.17, 15) is 0 Å². The minimum Gasteiger partial charge on any atom is -0.271 e. The van der Waals surface area contributed by atoms with Crippen LogP contribution in [-0.4, -0.2) is 14.6 Å². The molecule has 0 radical (unpaired) electrons. The summed E-state index contributed by atoms with van der Waals surface area (Å²) in [6.07, 6.45) is 2.22. The first-order valence-corrected chi connectivity index (χ1v) is 7.00. The van der Waals surface area contributed by atoms with Crippen LogP contribution in [0.5, 0.6) is 0 Å². The van der Waals surface area contributed by atoms with E-state index in [-0.39, 0.29) is 0 Å². The zero-order valence-electron chi connectivity index (χ0n) is 9.72. The predicted octanol–water partition coefficient (Wildman–Crippen LogP) is 3.84. The Morgan fingerprint density at radius 1 is 1.47 bits per heavy atom. The number of alkyl halides is 1. The molecule has 0 spiro atoms. The van der Waals surface area contributed by atoms with Crippen LogP contribution in [0.1, 0.15) is 31.7 Å². The van der Waals surface area contributed by atoms with Gasteiger partial charge in [-0.3, -0.25) is 4.68 Å². The summed E-state index contributed by atoms with van der Waals surface area (Å²) in [6, 6.07) is 0. The molecule has 0 saturated heterocycles. The van der Waals surface area contributed by atoms with Gasteiger partial charge in [0.05, 0.1) is 15.9 Å². The van der Waals surface area contributed by atoms with E-state index in [1.165, 1.54) is 5.69 Å². The van der Waals surface area contributed by atoms with Gasteiger partial charge in [-0.2, -0.15) is 5.10 Å². The van der Waals surface area contributed by atoms with Gasteiger partial charge in [-0.25, -0.2) is 0 Å². The highest BCUT2D eigenvalue weighted by atomic mass is 79.9. The molecule has 0 N–H and O–H groups in total. The minimum atomic E-state index is 0.583. The van der Waals surface area contributed by atoms with Crippen molar-refractivity contribution >= 4 is 31.9 Å². The number of hydrogen-bond acceptors (Lipinski definition) is 1. The quantitative estimate of drug-likeness (QED) is 0.763. The second kappa shape index (κ2) is 5.48. The van der Waals surface area contributed by atoms with Gasteiger partial charge in [0, 0.05) is 11.9 Å². The van der Waals surface area contributed by atoms with E-state index in [1.54, 1.807) is 0 Å². The summed E-state index contributed by atoms with van der Waals surface area (Å²) in [5, 5.41) is 4.40. The van der Waals surface area contributed by atoms with E-state index in [4.69, 9.17) is 0 Å². The molecular weight excluding hydrogens is 320 g/mol. The molecule has 0 aromatic carbocycles. The van der Waals surface area contributed by atoms with Crippen LogP contribution in [0, 0.1) is 12.8 Å². The molecule has 0 aliphatic heterocycles. The lowest BCUT2D eigenvalue weighted by molar-refractivity contribution is 0.521. The molecule has 15 heavy (non-hydrogen) atoms. The van der Waals surface area contributed by atoms with Gasteiger partial charge in [0.25, 0.3) is 0 Å². The normalized spacial score (nSPS) is 15.3. The number of rotatable bonds is 4. The van der Waals surface area contributed by atoms with Crippen molar-refractivity contribution in [3.63, 3.8) is 0 Å². The van der Waals surface area contributed by atoms with Crippen molar-refractivity contribution in [1.29, 1.82) is 0 Å². The van der Waals surface area contributed by atoms with Crippen molar-refractivity contribution in [2.24, 2.45) is 13.0 Å². The molecule has 0 aliphatic carbocycles. The summed E-state index contributed by atoms with van der Waals surface area (Å²) in [5.41, 5.74) is 2.36. The van der Waals surface area contributed by atoms with E-state index in [0.29, 0.717) is 10.7 Å². The Labute approximate surface area is 109 Å². The van der Waals surface area contributed by atoms with E-state index < -0.39 is 0 Å². The molecule has 0 bridgehead atoms. The number of nitrogens with zero attached hydrogens (tertiary/aromatic N) is 2. The fourth-order valence-electron chi connectivity index (χ4n) is 1.74. The lowest BCUT2D eigenvalue weighted by Crippen LogP contribution is -2.14. The Morgan fingerprint density at radius 2 is 2.07 bits per heavy atom. The van der Waals surface area contributed by atoms with E-state index in [0.717, 1.165) is 23.0 Å². The molecule has 1 aromatic rings. The maximum absolute atomic E-state index is 4.40. The predicted molar refractivity (Wildman–Crippen MR) is 71.5 cm³/mol. The van der Waals surface area contributed by atoms with Crippen LogP contribution in [0.15, 0.2) is 4.47 Å². The highest BCUT2D eigenvalue weighted by Crippen LogP contribution is 2.26. The number of aromatic nitrogens is 2. The smallest absolute Gasteiger partial charge is 0.0738 e. The van der Waals surface area contributed by atoms with Crippen LogP contribution in [0.3, 0.4) is 0 Å². The molecule has 0 amide bonds. The van der Waals surface area contributed by atoms with E-state index >= 15 is 0 Å². The second-order valence-corrected chi connectivity index (χ2v) is 6.04. The Bertz CT molecular complexity index is 334. The molecular formula is C11H18Br2N2. The SMILES string of the molecule is CCC(Br)C(C)Cc1c(Br)c(C)nn1C. The van der Waals surface area contributed by atoms with Crippen LogP contribution < -0.4 is 0 Å². The Balaban J connectivity index is 2.80. The van der Waals surface area contributed by atoms with Crippen LogP contribution in [0.2, 0.25) is 0 Å². The Morgan fingerprint density at radius 3 is 2.47 bits per heavy atom. The van der Waals surface area contributed by atoms with Gasteiger partial charge in [0.1, 0.15) is 0 Å². The molecule has 1 aromatic heterocycles. The topological polar surface area (TPSA) is 17.8 Å². The van der Waals surface area contributed by atoms with Crippen LogP contribution in [0.4, 0.5) is 0 Å². The van der Waals surface area contributed by atoms with Crippen molar-refractivity contribution in [3.05, 3.63) is 15.9 Å². The molecule has 0 saturated carbocycles. The largest absolute Gasteiger partial charge is 0.271 e. The monoisotopic (exact) mass is 336 g/mol. The standard InChI is InChI=1S/C11H18Br2N2/c1-5-9(12)7(2)6-10-11(13)8(3)14-15(10)4/h7,9H,5-6H2,1-4H3. The van der Waals surface area contributed by atoms with E-state index in [2.05, 4.69) is 50.8 Å². The zero-order valence-corrected chi connectivity index (χ0v) is 12.9. The van der Waals surface area contributed by atoms with Gasteiger partial charge in [-0.1, -0.05) is 29.8 Å². The van der Waals surface area contributed by atoms with Crippen molar-refractivity contribution in [1.82, 2.24) is 9.78 Å². The third kappa shape index (κ3) is 3.06. The maximum atomic E-state index is 4.40. The van der Waals surface area contributed by atoms with E-state index in [1.807, 2.05) is 18.7 Å². The molecule has 0 fully saturated rings. The average molecular weight is 338 g/mol. The Kier molecular flexibility index (Phi) is 4.84. The molecule has 0 aliphatic rings. The summed E-state index contributed by atoms with van der Waals surface area (Å²) in [6.45, 7) is 6.51. The van der Waals surface area contributed by atoms with Crippen molar-refractivity contribution in [2.75, 3.05) is 0 Å². The Hall–Kier alpha value is 0.170. The summed E-state index contributed by atoms with van der Waals surface area (Å²) in [4.78, 5) is 0.583.